The number of imidazole rings is 2. The third kappa shape index (κ3) is 23.2. The zero-order chi connectivity index (χ0) is 101. The highest BCUT2D eigenvalue weighted by molar-refractivity contribution is 7.86. The second-order valence-electron chi connectivity index (χ2n) is 52.1. The molecule has 0 aliphatic heterocycles. The second kappa shape index (κ2) is 44.8. The number of aliphatic hydroxyl groups excluding tert-OH is 3. The predicted molar refractivity (Wildman–Crippen MR) is 553 cm³/mol. The molecule has 19 nitrogen and oxygen atoms in total. The third-order valence-corrected chi connectivity index (χ3v) is 44.9. The summed E-state index contributed by atoms with van der Waals surface area (Å²) in [4.78, 5) is 69.2. The largest absolute Gasteiger partial charge is 0.462 e. The Morgan fingerprint density at radius 1 is 0.367 bits per heavy atom. The first-order valence-corrected chi connectivity index (χ1v) is 57.8. The molecular formula is C119H192N4O15S. The second-order valence-corrected chi connectivity index (χ2v) is 53.7. The molecule has 35 atom stereocenters. The van der Waals surface area contributed by atoms with Gasteiger partial charge in [0.05, 0.1) is 31.6 Å². The average Bonchev–Trinajstić information content (AvgIpc) is 1.67. The monoisotopic (exact) mass is 1950 g/mol. The van der Waals surface area contributed by atoms with Gasteiger partial charge in [-0.05, 0) is 338 Å². The minimum Gasteiger partial charge on any atom is -0.462 e. The first-order chi connectivity index (χ1) is 65.4. The highest BCUT2D eigenvalue weighted by Crippen LogP contribution is 2.70. The lowest BCUT2D eigenvalue weighted by Gasteiger charge is -2.56. The summed E-state index contributed by atoms with van der Waals surface area (Å²) in [6.07, 6.45) is 56.6. The van der Waals surface area contributed by atoms with Crippen LogP contribution in [0.5, 0.6) is 0 Å². The van der Waals surface area contributed by atoms with Crippen molar-refractivity contribution in [3.05, 3.63) is 86.1 Å². The standard InChI is InChI=1S/C26H40N2O2.C24H38N2O.C24H40O5S.C23H38O3.C22H36O4/c1-18-8-11-26(5,21(16-18)10-14-28-15-13-27-17-28)23-9-12-25(4)19(2)6-7-22(25)24(23)30-20(3)29;1-17-7-10-24(4,19(15-17)9-13-26-14-12-25-16-26)21-8-11-23(3)18(2)5-6-20(23)22(21)27;1-16-9-12-24(5,19(15-16)11-14-28-30(6,26)27)21-10-13-23(4)17(2)7-8-20(23)22(21)29-18(3)25;1-15-8-11-23(5,18(14-15)10-13-24)20-9-12-22(4)16(2)6-7-19(22)21(20)26-17(3)25;1-14-7-10-21(3,16(13-14)9-12-23)18-8-11-22(4)17(5-6-19(22)25)20(18)26-15(2)24/h13,15,17-18,21-24H,2,6-12,14,16H2,1,3-5H3;12,14,16-17,19-22,27H,2,5-11,13,15H2,1,3-4H3;16,19-22H,2,7-15H2,1,3-6H3;15,18-21,24H,2,6-14H2,1,3-5H3;14,16-18,20,23H,5-13H2,1-4H3/t18-,21-,22-,23-,24-,25+,26-;17-,19-,20-,21-,22-,23+,24-;16-,19-,20-,21-,22-,23+,24-;15-,18-,19-,20-,21-,22+,23-;14-,16-,17-,18-,20-,21-,22-/m00000/s1. The summed E-state index contributed by atoms with van der Waals surface area (Å²) in [5.74, 6) is 9.60. The number of allylic oxidation sites excluding steroid dienone is 4. The normalized spacial score (nSPS) is 44.0. The van der Waals surface area contributed by atoms with Gasteiger partial charge in [0.25, 0.3) is 10.1 Å². The summed E-state index contributed by atoms with van der Waals surface area (Å²) in [5, 5.41) is 30.8. The maximum Gasteiger partial charge on any atom is 0.302 e. The highest BCUT2D eigenvalue weighted by atomic mass is 32.2. The fourth-order valence-corrected chi connectivity index (χ4v) is 35.1. The van der Waals surface area contributed by atoms with E-state index in [1.165, 1.54) is 132 Å². The number of carbonyl (C=O) groups is 5. The van der Waals surface area contributed by atoms with E-state index in [-0.39, 0.29) is 134 Å². The Hall–Kier alpha value is -5.28. The minimum atomic E-state index is -3.43. The van der Waals surface area contributed by atoms with E-state index >= 15 is 0 Å². The summed E-state index contributed by atoms with van der Waals surface area (Å²) in [5.41, 5.74) is 6.34. The Bertz CT molecular complexity index is 4560. The van der Waals surface area contributed by atoms with Crippen molar-refractivity contribution in [3.8, 4) is 0 Å². The number of esters is 4. The van der Waals surface area contributed by atoms with Gasteiger partial charge in [0, 0.05) is 138 Å². The lowest BCUT2D eigenvalue weighted by molar-refractivity contribution is -0.176. The van der Waals surface area contributed by atoms with Crippen LogP contribution in [0, 0.1) is 173 Å². The molecule has 3 N–H and O–H groups in total. The van der Waals surface area contributed by atoms with Crippen molar-refractivity contribution in [1.82, 2.24) is 19.1 Å². The summed E-state index contributed by atoms with van der Waals surface area (Å²) >= 11 is 0. The number of aromatic nitrogens is 4. The minimum absolute atomic E-state index is 0.00472. The van der Waals surface area contributed by atoms with E-state index in [4.69, 9.17) is 23.1 Å². The molecule has 20 heteroatoms. The smallest absolute Gasteiger partial charge is 0.302 e. The van der Waals surface area contributed by atoms with Crippen molar-refractivity contribution in [3.63, 3.8) is 0 Å². The molecule has 0 aromatic carbocycles. The van der Waals surface area contributed by atoms with Crippen LogP contribution in [0.1, 0.15) is 388 Å². The van der Waals surface area contributed by atoms with Crippen molar-refractivity contribution in [2.75, 3.05) is 26.1 Å². The van der Waals surface area contributed by atoms with E-state index in [2.05, 4.69) is 162 Å². The first kappa shape index (κ1) is 111. The molecular weight excluding hydrogens is 1760 g/mol. The Morgan fingerprint density at radius 3 is 0.914 bits per heavy atom. The van der Waals surface area contributed by atoms with E-state index in [0.29, 0.717) is 107 Å². The molecule has 0 saturated heterocycles. The molecule has 0 amide bonds. The zero-order valence-electron chi connectivity index (χ0n) is 90.5. The molecule has 15 fully saturated rings. The maximum absolute atomic E-state index is 12.6. The van der Waals surface area contributed by atoms with Gasteiger partial charge in [-0.25, -0.2) is 9.97 Å². The lowest BCUT2D eigenvalue weighted by Crippen LogP contribution is -2.54. The van der Waals surface area contributed by atoms with E-state index in [0.717, 1.165) is 191 Å². The van der Waals surface area contributed by atoms with Crippen molar-refractivity contribution in [2.24, 2.45) is 173 Å². The summed E-state index contributed by atoms with van der Waals surface area (Å²) < 4.78 is 56.8. The average molecular weight is 1950 g/mol. The van der Waals surface area contributed by atoms with E-state index in [1.807, 2.05) is 25.0 Å². The van der Waals surface area contributed by atoms with Crippen molar-refractivity contribution >= 4 is 39.8 Å². The number of hydrogen-bond donors (Lipinski definition) is 3. The van der Waals surface area contributed by atoms with Crippen molar-refractivity contribution in [1.29, 1.82) is 0 Å². The van der Waals surface area contributed by atoms with Gasteiger partial charge in [-0.1, -0.05) is 185 Å². The van der Waals surface area contributed by atoms with Gasteiger partial charge in [-0.3, -0.25) is 28.2 Å². The van der Waals surface area contributed by atoms with Gasteiger partial charge in [0.2, 0.25) is 0 Å². The molecule has 0 spiro atoms. The van der Waals surface area contributed by atoms with Crippen LogP contribution in [0.25, 0.3) is 0 Å². The van der Waals surface area contributed by atoms with Crippen molar-refractivity contribution in [2.45, 2.75) is 432 Å². The van der Waals surface area contributed by atoms with Gasteiger partial charge < -0.3 is 43.4 Å². The van der Waals surface area contributed by atoms with Crippen LogP contribution in [-0.4, -0.2) is 129 Å². The molecule has 139 heavy (non-hydrogen) atoms. The molecule has 15 aliphatic carbocycles. The van der Waals surface area contributed by atoms with E-state index < -0.39 is 10.1 Å². The molecule has 0 radical (unpaired) electrons. The van der Waals surface area contributed by atoms with Gasteiger partial charge in [0.1, 0.15) is 30.2 Å². The van der Waals surface area contributed by atoms with Crippen LogP contribution >= 0.6 is 0 Å². The van der Waals surface area contributed by atoms with Gasteiger partial charge >= 0.3 is 23.9 Å². The number of fused-ring (bicyclic) bond motifs is 5. The third-order valence-electron chi connectivity index (χ3n) is 44.3. The lowest BCUT2D eigenvalue weighted by atomic mass is 9.51. The summed E-state index contributed by atoms with van der Waals surface area (Å²) in [7, 11) is -3.43. The number of aryl methyl sites for hydroxylation is 2. The van der Waals surface area contributed by atoms with Crippen molar-refractivity contribution < 1.29 is 70.8 Å². The number of Topliss-reactive ketones (excluding diaryl/α,β-unsaturated/α-hetero) is 1. The Morgan fingerprint density at radius 2 is 0.626 bits per heavy atom. The molecule has 15 aliphatic rings. The number of rotatable bonds is 23. The van der Waals surface area contributed by atoms with Crippen LogP contribution in [0.15, 0.2) is 86.1 Å². The number of nitrogens with zero attached hydrogens (tertiary/aromatic N) is 4. The SMILES string of the molecule is C=C1CC[C@H]2[C@H](O)[C@@H]([C@@]3(C)CC[C@H](C)C[C@@H]3CCn3ccnc3)CC[C@]12C.C=C1CC[C@H]2[C@H](OC(C)=O)[C@@H]([C@@]3(C)CC[C@H](C)C[C@@H]3CCO)CC[C@]12C.C=C1CC[C@H]2[C@H](OC(C)=O)[C@@H]([C@@]3(C)CC[C@H](C)C[C@@H]3CCOS(C)(=O)=O)CC[C@]12C.C=C1CC[C@H]2[C@H](OC(C)=O)[C@@H]([C@@]3(C)CC[C@H](C)C[C@@H]3CCn3ccnc3)CC[C@]12C.CC(=O)O[C@@H]1[C@@H]([C@@]2(C)CC[C@H](C)C[C@@H]2CCO)CC[C@]2(C)C(=O)CC[C@@H]12. The van der Waals surface area contributed by atoms with Gasteiger partial charge in [-0.15, -0.1) is 0 Å². The number of carbonyl (C=O) groups excluding carboxylic acids is 5. The predicted octanol–water partition coefficient (Wildman–Crippen LogP) is 25.9. The molecule has 2 aromatic heterocycles. The molecule has 0 bridgehead atoms. The number of aliphatic hydroxyl groups is 3. The quantitative estimate of drug-likeness (QED) is 0.0404. The van der Waals surface area contributed by atoms with Crippen LogP contribution < -0.4 is 0 Å². The van der Waals surface area contributed by atoms with E-state index in [9.17, 15) is 47.7 Å². The number of ketones is 1. The molecule has 15 saturated carbocycles. The first-order valence-electron chi connectivity index (χ1n) is 56.0. The molecule has 2 aromatic rings. The van der Waals surface area contributed by atoms with Gasteiger partial charge in [-0.2, -0.15) is 8.42 Å². The number of hydrogen-bond acceptors (Lipinski definition) is 17. The zero-order valence-corrected chi connectivity index (χ0v) is 91.3. The van der Waals surface area contributed by atoms with Crippen LogP contribution in [0.2, 0.25) is 0 Å². The Kier molecular flexibility index (Phi) is 35.8. The van der Waals surface area contributed by atoms with Crippen LogP contribution in [-0.2, 0) is 70.3 Å². The molecule has 17 rings (SSSR count). The Balaban J connectivity index is 0.000000147. The summed E-state index contributed by atoms with van der Waals surface area (Å²) in [6.45, 7) is 61.9. The topological polar surface area (TPSA) is 262 Å². The summed E-state index contributed by atoms with van der Waals surface area (Å²) in [6, 6.07) is 0. The van der Waals surface area contributed by atoms with Crippen LogP contribution in [0.3, 0.4) is 0 Å². The Labute approximate surface area is 841 Å². The highest BCUT2D eigenvalue weighted by Gasteiger charge is 2.65. The fraction of sp³-hybridized carbons (Fsp3) is 0.840. The fourth-order valence-electron chi connectivity index (χ4n) is 34.7. The maximum atomic E-state index is 12.6. The molecule has 2 heterocycles. The molecule has 784 valence electrons. The van der Waals surface area contributed by atoms with Gasteiger partial charge in [0.15, 0.2) is 0 Å². The molecule has 0 unspecified atom stereocenters. The number of ether oxygens (including phenoxy) is 4. The van der Waals surface area contributed by atoms with Crippen LogP contribution in [0.4, 0.5) is 0 Å². The van der Waals surface area contributed by atoms with E-state index in [1.54, 1.807) is 13.8 Å².